The van der Waals surface area contributed by atoms with E-state index < -0.39 is 0 Å². The number of amides is 1. The first-order valence-corrected chi connectivity index (χ1v) is 11.8. The highest BCUT2D eigenvalue weighted by atomic mass is 32.2. The molecule has 7 nitrogen and oxygen atoms in total. The van der Waals surface area contributed by atoms with Gasteiger partial charge in [0.05, 0.1) is 24.9 Å². The lowest BCUT2D eigenvalue weighted by Gasteiger charge is -2.26. The number of aromatic nitrogens is 4. The van der Waals surface area contributed by atoms with Crippen LogP contribution in [0.15, 0.2) is 84.3 Å². The van der Waals surface area contributed by atoms with E-state index in [-0.39, 0.29) is 17.7 Å². The highest BCUT2D eigenvalue weighted by molar-refractivity contribution is 7.99. The van der Waals surface area contributed by atoms with Crippen molar-refractivity contribution >= 4 is 17.7 Å². The highest BCUT2D eigenvalue weighted by Crippen LogP contribution is 2.32. The third-order valence-corrected chi connectivity index (χ3v) is 6.41. The Morgan fingerprint density at radius 1 is 1.06 bits per heavy atom. The van der Waals surface area contributed by atoms with Crippen LogP contribution < -0.4 is 10.1 Å². The van der Waals surface area contributed by atoms with Gasteiger partial charge in [-0.2, -0.15) is 0 Å². The fraction of sp³-hybridized carbons (Fsp3) is 0.200. The molecule has 0 aliphatic carbocycles. The van der Waals surface area contributed by atoms with E-state index in [0.29, 0.717) is 18.3 Å². The number of carbonyl (C=O) groups is 1. The molecule has 1 aliphatic rings. The smallest absolute Gasteiger partial charge is 0.230 e. The summed E-state index contributed by atoms with van der Waals surface area (Å²) in [7, 11) is 0. The average Bonchev–Trinajstić information content (AvgIpc) is 3.26. The average molecular weight is 458 g/mol. The number of thioether (sulfide) groups is 1. The molecule has 2 aromatic carbocycles. The SMILES string of the molecule is O=C(CSc1nnc(-c2cccnc2)n1Cc1ccccc1)NC1CCOc2ccccc21. The molecule has 0 bridgehead atoms. The Morgan fingerprint density at radius 2 is 1.91 bits per heavy atom. The van der Waals surface area contributed by atoms with Gasteiger partial charge in [-0.3, -0.25) is 14.3 Å². The summed E-state index contributed by atoms with van der Waals surface area (Å²) in [6, 6.07) is 21.8. The molecule has 1 N–H and O–H groups in total. The number of nitrogens with zero attached hydrogens (tertiary/aromatic N) is 4. The Labute approximate surface area is 196 Å². The van der Waals surface area contributed by atoms with Crippen LogP contribution in [-0.4, -0.2) is 38.0 Å². The first-order valence-electron chi connectivity index (χ1n) is 10.8. The molecule has 0 saturated carbocycles. The molecule has 0 fully saturated rings. The topological polar surface area (TPSA) is 81.9 Å². The van der Waals surface area contributed by atoms with Gasteiger partial charge in [-0.15, -0.1) is 10.2 Å². The largest absolute Gasteiger partial charge is 0.493 e. The Bertz CT molecular complexity index is 1230. The number of fused-ring (bicyclic) bond motifs is 1. The van der Waals surface area contributed by atoms with Gasteiger partial charge in [0.2, 0.25) is 5.91 Å². The molecular weight excluding hydrogens is 434 g/mol. The van der Waals surface area contributed by atoms with Gasteiger partial charge in [0.1, 0.15) is 5.75 Å². The van der Waals surface area contributed by atoms with E-state index >= 15 is 0 Å². The van der Waals surface area contributed by atoms with Crippen molar-refractivity contribution in [2.75, 3.05) is 12.4 Å². The van der Waals surface area contributed by atoms with Gasteiger partial charge in [-0.1, -0.05) is 60.3 Å². The molecule has 4 aromatic rings. The van der Waals surface area contributed by atoms with Crippen LogP contribution in [0.3, 0.4) is 0 Å². The number of rotatable bonds is 7. The fourth-order valence-electron chi connectivity index (χ4n) is 3.87. The molecule has 0 spiro atoms. The lowest BCUT2D eigenvalue weighted by Crippen LogP contribution is -2.33. The number of para-hydroxylation sites is 1. The van der Waals surface area contributed by atoms with Crippen molar-refractivity contribution in [3.8, 4) is 17.1 Å². The van der Waals surface area contributed by atoms with Gasteiger partial charge < -0.3 is 10.1 Å². The molecule has 3 heterocycles. The summed E-state index contributed by atoms with van der Waals surface area (Å²) in [5.74, 6) is 1.77. The highest BCUT2D eigenvalue weighted by Gasteiger charge is 2.23. The van der Waals surface area contributed by atoms with Gasteiger partial charge >= 0.3 is 0 Å². The molecule has 1 amide bonds. The van der Waals surface area contributed by atoms with E-state index in [1.807, 2.05) is 59.2 Å². The van der Waals surface area contributed by atoms with Gasteiger partial charge in [0, 0.05) is 29.9 Å². The summed E-state index contributed by atoms with van der Waals surface area (Å²) < 4.78 is 7.73. The summed E-state index contributed by atoms with van der Waals surface area (Å²) in [4.78, 5) is 17.0. The Balaban J connectivity index is 1.32. The van der Waals surface area contributed by atoms with Crippen molar-refractivity contribution < 1.29 is 9.53 Å². The van der Waals surface area contributed by atoms with Crippen molar-refractivity contribution in [3.63, 3.8) is 0 Å². The second kappa shape index (κ2) is 9.87. The van der Waals surface area contributed by atoms with Crippen molar-refractivity contribution in [2.24, 2.45) is 0 Å². The number of carbonyl (C=O) groups excluding carboxylic acids is 1. The minimum atomic E-state index is -0.0452. The monoisotopic (exact) mass is 457 g/mol. The predicted octanol–water partition coefficient (Wildman–Crippen LogP) is 4.12. The molecule has 1 unspecified atom stereocenters. The third kappa shape index (κ3) is 4.90. The summed E-state index contributed by atoms with van der Waals surface area (Å²) in [6.07, 6.45) is 4.26. The predicted molar refractivity (Wildman–Crippen MR) is 127 cm³/mol. The number of benzene rings is 2. The number of hydrogen-bond donors (Lipinski definition) is 1. The summed E-state index contributed by atoms with van der Waals surface area (Å²) in [5, 5.41) is 12.6. The summed E-state index contributed by atoms with van der Waals surface area (Å²) in [5.41, 5.74) is 3.04. The van der Waals surface area contributed by atoms with Crippen LogP contribution in [0.25, 0.3) is 11.4 Å². The van der Waals surface area contributed by atoms with Crippen LogP contribution in [0, 0.1) is 0 Å². The first kappa shape index (κ1) is 21.2. The van der Waals surface area contributed by atoms with Gasteiger partial charge in [0.25, 0.3) is 0 Å². The van der Waals surface area contributed by atoms with E-state index in [4.69, 9.17) is 4.74 Å². The van der Waals surface area contributed by atoms with E-state index in [1.54, 1.807) is 12.4 Å². The molecule has 1 aliphatic heterocycles. The molecule has 5 rings (SSSR count). The Kier molecular flexibility index (Phi) is 6.34. The Hall–Kier alpha value is -3.65. The second-order valence-electron chi connectivity index (χ2n) is 7.70. The van der Waals surface area contributed by atoms with Crippen LogP contribution in [0.4, 0.5) is 0 Å². The first-order chi connectivity index (χ1) is 16.3. The number of hydrogen-bond acceptors (Lipinski definition) is 6. The van der Waals surface area contributed by atoms with Crippen LogP contribution in [0.5, 0.6) is 5.75 Å². The van der Waals surface area contributed by atoms with Gasteiger partial charge in [-0.25, -0.2) is 0 Å². The van der Waals surface area contributed by atoms with Crippen molar-refractivity contribution in [1.82, 2.24) is 25.1 Å². The fourth-order valence-corrected chi connectivity index (χ4v) is 4.62. The normalized spacial score (nSPS) is 14.8. The van der Waals surface area contributed by atoms with Crippen LogP contribution in [0.1, 0.15) is 23.6 Å². The van der Waals surface area contributed by atoms with Crippen LogP contribution in [-0.2, 0) is 11.3 Å². The minimum Gasteiger partial charge on any atom is -0.493 e. The second-order valence-corrected chi connectivity index (χ2v) is 8.65. The van der Waals surface area contributed by atoms with Gasteiger partial charge in [-0.05, 0) is 23.8 Å². The van der Waals surface area contributed by atoms with Crippen molar-refractivity contribution in [2.45, 2.75) is 24.2 Å². The zero-order chi connectivity index (χ0) is 22.5. The van der Waals surface area contributed by atoms with E-state index in [0.717, 1.165) is 34.7 Å². The third-order valence-electron chi connectivity index (χ3n) is 5.45. The summed E-state index contributed by atoms with van der Waals surface area (Å²) in [6.45, 7) is 1.20. The number of pyridine rings is 1. The molecule has 1 atom stereocenters. The quantitative estimate of drug-likeness (QED) is 0.421. The maximum atomic E-state index is 12.8. The molecule has 0 saturated heterocycles. The molecule has 8 heteroatoms. The zero-order valence-electron chi connectivity index (χ0n) is 17.9. The van der Waals surface area contributed by atoms with E-state index in [2.05, 4.69) is 32.6 Å². The van der Waals surface area contributed by atoms with Crippen LogP contribution in [0.2, 0.25) is 0 Å². The lowest BCUT2D eigenvalue weighted by atomic mass is 10.0. The Morgan fingerprint density at radius 3 is 2.76 bits per heavy atom. The van der Waals surface area contributed by atoms with Crippen molar-refractivity contribution in [3.05, 3.63) is 90.3 Å². The zero-order valence-corrected chi connectivity index (χ0v) is 18.7. The van der Waals surface area contributed by atoms with E-state index in [9.17, 15) is 4.79 Å². The molecular formula is C25H23N5O2S. The summed E-state index contributed by atoms with van der Waals surface area (Å²) >= 11 is 1.39. The number of nitrogens with one attached hydrogen (secondary N) is 1. The van der Waals surface area contributed by atoms with Crippen LogP contribution >= 0.6 is 11.8 Å². The van der Waals surface area contributed by atoms with E-state index in [1.165, 1.54) is 11.8 Å². The maximum Gasteiger partial charge on any atom is 0.230 e. The molecule has 0 radical (unpaired) electrons. The van der Waals surface area contributed by atoms with Crippen molar-refractivity contribution in [1.29, 1.82) is 0 Å². The number of ether oxygens (including phenoxy) is 1. The molecule has 33 heavy (non-hydrogen) atoms. The minimum absolute atomic E-state index is 0.0427. The molecule has 166 valence electrons. The lowest BCUT2D eigenvalue weighted by molar-refractivity contribution is -0.119. The standard InChI is InChI=1S/C25H23N5O2S/c31-23(27-21-12-14-32-22-11-5-4-10-20(21)22)17-33-25-29-28-24(19-9-6-13-26-15-19)30(25)16-18-7-2-1-3-8-18/h1-11,13,15,21H,12,14,16-17H2,(H,27,31). The maximum absolute atomic E-state index is 12.8. The van der Waals surface area contributed by atoms with Gasteiger partial charge in [0.15, 0.2) is 11.0 Å². The molecule has 2 aromatic heterocycles.